The molecule has 1 aromatic carbocycles. The van der Waals surface area contributed by atoms with E-state index in [4.69, 9.17) is 0 Å². The first kappa shape index (κ1) is 14.5. The van der Waals surface area contributed by atoms with Crippen molar-refractivity contribution in [2.75, 3.05) is 11.9 Å². The van der Waals surface area contributed by atoms with Crippen LogP contribution in [0.2, 0.25) is 0 Å². The second kappa shape index (κ2) is 5.59. The molecule has 0 fully saturated rings. The molecule has 1 aromatic heterocycles. The van der Waals surface area contributed by atoms with Gasteiger partial charge in [0.15, 0.2) is 0 Å². The number of rotatable bonds is 4. The summed E-state index contributed by atoms with van der Waals surface area (Å²) in [6.45, 7) is 8.42. The average Bonchev–Trinajstić information content (AvgIpc) is 2.38. The Labute approximate surface area is 119 Å². The molecule has 1 amide bonds. The van der Waals surface area contributed by atoms with Crippen LogP contribution in [0.1, 0.15) is 26.5 Å². The zero-order valence-electron chi connectivity index (χ0n) is 12.4. The fourth-order valence-corrected chi connectivity index (χ4v) is 2.21. The van der Waals surface area contributed by atoms with E-state index in [9.17, 15) is 4.79 Å². The molecule has 0 radical (unpaired) electrons. The zero-order chi connectivity index (χ0) is 14.8. The minimum atomic E-state index is -0.604. The van der Waals surface area contributed by atoms with Gasteiger partial charge in [0.2, 0.25) is 5.91 Å². The molecule has 0 unspecified atom stereocenters. The molecule has 4 heteroatoms. The summed E-state index contributed by atoms with van der Waals surface area (Å²) in [5.41, 5.74) is 1.99. The molecular formula is C16H21N3O. The second-order valence-electron chi connectivity index (χ2n) is 5.44. The first-order valence-electron chi connectivity index (χ1n) is 6.87. The van der Waals surface area contributed by atoms with Gasteiger partial charge in [-0.15, -0.1) is 0 Å². The Hall–Kier alpha value is -1.94. The number of nitrogens with one attached hydrogen (secondary N) is 2. The Kier molecular flexibility index (Phi) is 4.04. The summed E-state index contributed by atoms with van der Waals surface area (Å²) >= 11 is 0. The van der Waals surface area contributed by atoms with Crippen molar-refractivity contribution in [3.05, 3.63) is 36.0 Å². The average molecular weight is 271 g/mol. The predicted molar refractivity (Wildman–Crippen MR) is 82.9 cm³/mol. The molecule has 0 atom stereocenters. The summed E-state index contributed by atoms with van der Waals surface area (Å²) in [6.07, 6.45) is 0. The molecule has 0 saturated heterocycles. The lowest BCUT2D eigenvalue weighted by molar-refractivity contribution is -0.121. The third-order valence-corrected chi connectivity index (χ3v) is 3.28. The molecule has 20 heavy (non-hydrogen) atoms. The molecule has 4 nitrogen and oxygen atoms in total. The van der Waals surface area contributed by atoms with Gasteiger partial charge in [-0.1, -0.05) is 25.1 Å². The topological polar surface area (TPSA) is 54.0 Å². The van der Waals surface area contributed by atoms with Crippen LogP contribution in [0.5, 0.6) is 0 Å². The molecule has 2 aromatic rings. The molecule has 0 aliphatic heterocycles. The quantitative estimate of drug-likeness (QED) is 0.899. The number of aryl methyl sites for hydroxylation is 1. The van der Waals surface area contributed by atoms with Crippen molar-refractivity contribution in [2.45, 2.75) is 33.2 Å². The van der Waals surface area contributed by atoms with E-state index in [2.05, 4.69) is 15.6 Å². The lowest BCUT2D eigenvalue weighted by Gasteiger charge is -2.24. The minimum absolute atomic E-state index is 0.0462. The van der Waals surface area contributed by atoms with Crippen molar-refractivity contribution in [3.8, 4) is 0 Å². The van der Waals surface area contributed by atoms with Crippen LogP contribution in [0.15, 0.2) is 30.3 Å². The number of hydrogen-bond acceptors (Lipinski definition) is 3. The van der Waals surface area contributed by atoms with E-state index in [0.29, 0.717) is 0 Å². The Bertz CT molecular complexity index is 635. The molecule has 2 N–H and O–H groups in total. The van der Waals surface area contributed by atoms with Gasteiger partial charge < -0.3 is 10.6 Å². The molecule has 106 valence electrons. The maximum absolute atomic E-state index is 12.4. The number of hydrogen-bond donors (Lipinski definition) is 2. The molecule has 0 aliphatic rings. The lowest BCUT2D eigenvalue weighted by Crippen LogP contribution is -2.49. The number of para-hydroxylation sites is 1. The number of nitrogens with zero attached hydrogens (tertiary/aromatic N) is 1. The fourth-order valence-electron chi connectivity index (χ4n) is 2.21. The van der Waals surface area contributed by atoms with E-state index in [1.165, 1.54) is 0 Å². The molecule has 0 spiro atoms. The van der Waals surface area contributed by atoms with Gasteiger partial charge in [-0.2, -0.15) is 0 Å². The smallest absolute Gasteiger partial charge is 0.244 e. The van der Waals surface area contributed by atoms with E-state index in [0.717, 1.165) is 28.8 Å². The van der Waals surface area contributed by atoms with Crippen LogP contribution < -0.4 is 10.6 Å². The standard InChI is InChI=1S/C16H21N3O/c1-5-17-16(3,4)15(20)19-14-10-11(2)18-13-9-7-6-8-12(13)14/h6-10,17H,5H2,1-4H3,(H,18,19,20). The minimum Gasteiger partial charge on any atom is -0.324 e. The van der Waals surface area contributed by atoms with Crippen LogP contribution in [0.3, 0.4) is 0 Å². The van der Waals surface area contributed by atoms with Gasteiger partial charge in [-0.3, -0.25) is 9.78 Å². The Morgan fingerprint density at radius 1 is 1.30 bits per heavy atom. The van der Waals surface area contributed by atoms with Gasteiger partial charge in [-0.25, -0.2) is 0 Å². The summed E-state index contributed by atoms with van der Waals surface area (Å²) in [5.74, 6) is -0.0462. The van der Waals surface area contributed by atoms with Crippen LogP contribution in [-0.2, 0) is 4.79 Å². The molecule has 1 heterocycles. The number of pyridine rings is 1. The Balaban J connectivity index is 2.36. The number of carbonyl (C=O) groups is 1. The zero-order valence-corrected chi connectivity index (χ0v) is 12.4. The van der Waals surface area contributed by atoms with Gasteiger partial charge in [-0.05, 0) is 39.4 Å². The molecular weight excluding hydrogens is 250 g/mol. The fraction of sp³-hybridized carbons (Fsp3) is 0.375. The van der Waals surface area contributed by atoms with E-state index in [1.54, 1.807) is 0 Å². The largest absolute Gasteiger partial charge is 0.324 e. The van der Waals surface area contributed by atoms with Crippen molar-refractivity contribution in [1.82, 2.24) is 10.3 Å². The number of fused-ring (bicyclic) bond motifs is 1. The predicted octanol–water partition coefficient (Wildman–Crippen LogP) is 2.87. The van der Waals surface area contributed by atoms with E-state index < -0.39 is 5.54 Å². The van der Waals surface area contributed by atoms with Crippen molar-refractivity contribution in [3.63, 3.8) is 0 Å². The number of aromatic nitrogens is 1. The molecule has 0 aliphatic carbocycles. The van der Waals surface area contributed by atoms with Crippen molar-refractivity contribution < 1.29 is 4.79 Å². The summed E-state index contributed by atoms with van der Waals surface area (Å²) in [7, 11) is 0. The van der Waals surface area contributed by atoms with Crippen LogP contribution in [-0.4, -0.2) is 23.0 Å². The highest BCUT2D eigenvalue weighted by molar-refractivity contribution is 6.04. The van der Waals surface area contributed by atoms with Gasteiger partial charge in [0, 0.05) is 11.1 Å². The van der Waals surface area contributed by atoms with Gasteiger partial charge in [0.05, 0.1) is 16.7 Å². The summed E-state index contributed by atoms with van der Waals surface area (Å²) in [5, 5.41) is 7.14. The third-order valence-electron chi connectivity index (χ3n) is 3.28. The third kappa shape index (κ3) is 2.96. The number of likely N-dealkylation sites (N-methyl/N-ethyl adjacent to an activating group) is 1. The van der Waals surface area contributed by atoms with Crippen LogP contribution in [0.4, 0.5) is 5.69 Å². The molecule has 0 bridgehead atoms. The van der Waals surface area contributed by atoms with Gasteiger partial charge in [0.1, 0.15) is 0 Å². The lowest BCUT2D eigenvalue weighted by atomic mass is 10.0. The molecule has 0 saturated carbocycles. The SMILES string of the molecule is CCNC(C)(C)C(=O)Nc1cc(C)nc2ccccc12. The Morgan fingerprint density at radius 2 is 2.00 bits per heavy atom. The highest BCUT2D eigenvalue weighted by Crippen LogP contribution is 2.23. The summed E-state index contributed by atoms with van der Waals surface area (Å²) in [6, 6.07) is 9.72. The number of anilines is 1. The highest BCUT2D eigenvalue weighted by atomic mass is 16.2. The van der Waals surface area contributed by atoms with Crippen LogP contribution in [0.25, 0.3) is 10.9 Å². The van der Waals surface area contributed by atoms with Crippen LogP contribution >= 0.6 is 0 Å². The van der Waals surface area contributed by atoms with Gasteiger partial charge in [0.25, 0.3) is 0 Å². The summed E-state index contributed by atoms with van der Waals surface area (Å²) < 4.78 is 0. The van der Waals surface area contributed by atoms with Gasteiger partial charge >= 0.3 is 0 Å². The number of amides is 1. The Morgan fingerprint density at radius 3 is 2.70 bits per heavy atom. The number of carbonyl (C=O) groups excluding carboxylic acids is 1. The van der Waals surface area contributed by atoms with Crippen molar-refractivity contribution in [1.29, 1.82) is 0 Å². The van der Waals surface area contributed by atoms with Crippen LogP contribution in [0, 0.1) is 6.92 Å². The van der Waals surface area contributed by atoms with E-state index in [1.807, 2.05) is 58.0 Å². The van der Waals surface area contributed by atoms with Crippen molar-refractivity contribution >= 4 is 22.5 Å². The molecule has 2 rings (SSSR count). The monoisotopic (exact) mass is 271 g/mol. The first-order valence-corrected chi connectivity index (χ1v) is 6.87. The maximum Gasteiger partial charge on any atom is 0.244 e. The van der Waals surface area contributed by atoms with E-state index in [-0.39, 0.29) is 5.91 Å². The second-order valence-corrected chi connectivity index (χ2v) is 5.44. The normalized spacial score (nSPS) is 11.6. The summed E-state index contributed by atoms with van der Waals surface area (Å²) in [4.78, 5) is 16.9. The van der Waals surface area contributed by atoms with E-state index >= 15 is 0 Å². The van der Waals surface area contributed by atoms with Crippen molar-refractivity contribution in [2.24, 2.45) is 0 Å². The first-order chi connectivity index (χ1) is 9.44. The number of benzene rings is 1. The highest BCUT2D eigenvalue weighted by Gasteiger charge is 2.26. The maximum atomic E-state index is 12.4.